The Hall–Kier alpha value is -2.29. The number of nitrogens with zero attached hydrogens (tertiary/aromatic N) is 1. The zero-order chi connectivity index (χ0) is 16.1. The first-order valence-electron chi connectivity index (χ1n) is 7.60. The molecule has 2 rings (SSSR count). The maximum Gasteiger partial charge on any atom is 0.267 e. The van der Waals surface area contributed by atoms with Crippen LogP contribution >= 0.6 is 0 Å². The molecule has 1 atom stereocenters. The molecular formula is C19H23NO2. The van der Waals surface area contributed by atoms with Crippen LogP contribution in [-0.2, 0) is 4.79 Å². The van der Waals surface area contributed by atoms with Crippen LogP contribution in [0.25, 0.3) is 0 Å². The third-order valence-corrected chi connectivity index (χ3v) is 3.94. The lowest BCUT2D eigenvalue weighted by atomic mass is 10.1. The largest absolute Gasteiger partial charge is 0.480 e. The molecule has 0 spiro atoms. The van der Waals surface area contributed by atoms with Gasteiger partial charge in [-0.3, -0.25) is 4.79 Å². The maximum absolute atomic E-state index is 12.7. The molecule has 0 aliphatic heterocycles. The van der Waals surface area contributed by atoms with Gasteiger partial charge in [-0.25, -0.2) is 0 Å². The highest BCUT2D eigenvalue weighted by atomic mass is 16.5. The zero-order valence-corrected chi connectivity index (χ0v) is 13.7. The number of para-hydroxylation sites is 1. The number of hydrogen-bond donors (Lipinski definition) is 0. The molecule has 0 bridgehead atoms. The minimum Gasteiger partial charge on any atom is -0.480 e. The zero-order valence-electron chi connectivity index (χ0n) is 13.7. The first-order chi connectivity index (χ1) is 10.5. The molecule has 0 saturated carbocycles. The number of carbonyl (C=O) groups excluding carboxylic acids is 1. The summed E-state index contributed by atoms with van der Waals surface area (Å²) in [6, 6.07) is 15.5. The number of aryl methyl sites for hydroxylation is 1. The monoisotopic (exact) mass is 297 g/mol. The van der Waals surface area contributed by atoms with E-state index in [-0.39, 0.29) is 5.91 Å². The molecule has 3 heteroatoms. The van der Waals surface area contributed by atoms with Crippen molar-refractivity contribution in [2.45, 2.75) is 33.3 Å². The molecule has 0 fully saturated rings. The second-order valence-electron chi connectivity index (χ2n) is 5.45. The molecule has 0 unspecified atom stereocenters. The predicted octanol–water partition coefficient (Wildman–Crippen LogP) is 4.12. The molecule has 1 amide bonds. The van der Waals surface area contributed by atoms with Crippen molar-refractivity contribution < 1.29 is 9.53 Å². The van der Waals surface area contributed by atoms with E-state index in [1.54, 1.807) is 11.9 Å². The summed E-state index contributed by atoms with van der Waals surface area (Å²) in [6.07, 6.45) is 0.148. The highest BCUT2D eigenvalue weighted by Gasteiger charge is 2.23. The molecule has 2 aromatic carbocycles. The summed E-state index contributed by atoms with van der Waals surface area (Å²) in [4.78, 5) is 14.3. The fourth-order valence-corrected chi connectivity index (χ4v) is 2.31. The Labute approximate surface area is 132 Å². The molecule has 22 heavy (non-hydrogen) atoms. The molecule has 0 aromatic heterocycles. The molecule has 0 aliphatic carbocycles. The van der Waals surface area contributed by atoms with E-state index >= 15 is 0 Å². The number of anilines is 1. The average Bonchev–Trinajstić information content (AvgIpc) is 2.55. The van der Waals surface area contributed by atoms with Crippen molar-refractivity contribution >= 4 is 11.6 Å². The van der Waals surface area contributed by atoms with Crippen LogP contribution in [-0.4, -0.2) is 19.1 Å². The van der Waals surface area contributed by atoms with Gasteiger partial charge in [-0.1, -0.05) is 37.3 Å². The van der Waals surface area contributed by atoms with Crippen LogP contribution in [0.3, 0.4) is 0 Å². The molecule has 0 radical (unpaired) electrons. The number of benzene rings is 2. The smallest absolute Gasteiger partial charge is 0.267 e. The van der Waals surface area contributed by atoms with Gasteiger partial charge in [0, 0.05) is 12.7 Å². The number of amides is 1. The van der Waals surface area contributed by atoms with Crippen LogP contribution in [0.2, 0.25) is 0 Å². The van der Waals surface area contributed by atoms with Gasteiger partial charge >= 0.3 is 0 Å². The SMILES string of the molecule is CC[C@H](Oc1cccc(C)c1C)C(=O)N(C)c1ccccc1. The van der Waals surface area contributed by atoms with E-state index in [0.29, 0.717) is 6.42 Å². The first-order valence-corrected chi connectivity index (χ1v) is 7.60. The van der Waals surface area contributed by atoms with Crippen LogP contribution < -0.4 is 9.64 Å². The Kier molecular flexibility index (Phi) is 5.21. The number of rotatable bonds is 5. The number of carbonyl (C=O) groups is 1. The standard InChI is InChI=1S/C19H23NO2/c1-5-17(22-18-13-9-10-14(2)15(18)3)19(21)20(4)16-11-7-6-8-12-16/h6-13,17H,5H2,1-4H3/t17-/m0/s1. The van der Waals surface area contributed by atoms with Gasteiger partial charge in [-0.15, -0.1) is 0 Å². The summed E-state index contributed by atoms with van der Waals surface area (Å²) < 4.78 is 5.99. The summed E-state index contributed by atoms with van der Waals surface area (Å²) in [6.45, 7) is 6.02. The topological polar surface area (TPSA) is 29.5 Å². The molecule has 2 aromatic rings. The lowest BCUT2D eigenvalue weighted by molar-refractivity contribution is -0.125. The highest BCUT2D eigenvalue weighted by Crippen LogP contribution is 2.23. The quantitative estimate of drug-likeness (QED) is 0.830. The van der Waals surface area contributed by atoms with Crippen molar-refractivity contribution in [1.29, 1.82) is 0 Å². The fourth-order valence-electron chi connectivity index (χ4n) is 2.31. The lowest BCUT2D eigenvalue weighted by Crippen LogP contribution is -2.39. The van der Waals surface area contributed by atoms with Gasteiger partial charge in [0.15, 0.2) is 6.10 Å². The highest BCUT2D eigenvalue weighted by molar-refractivity contribution is 5.96. The summed E-state index contributed by atoms with van der Waals surface area (Å²) in [5, 5.41) is 0. The Morgan fingerprint density at radius 3 is 2.41 bits per heavy atom. The first kappa shape index (κ1) is 16.1. The Morgan fingerprint density at radius 2 is 1.77 bits per heavy atom. The van der Waals surface area contributed by atoms with Gasteiger partial charge in [-0.2, -0.15) is 0 Å². The van der Waals surface area contributed by atoms with Gasteiger partial charge < -0.3 is 9.64 Å². The molecule has 0 heterocycles. The van der Waals surface area contributed by atoms with Gasteiger partial charge in [-0.05, 0) is 49.6 Å². The minimum atomic E-state index is -0.481. The average molecular weight is 297 g/mol. The maximum atomic E-state index is 12.7. The Morgan fingerprint density at radius 1 is 1.09 bits per heavy atom. The second-order valence-corrected chi connectivity index (χ2v) is 5.45. The van der Waals surface area contributed by atoms with E-state index in [4.69, 9.17) is 4.74 Å². The fraction of sp³-hybridized carbons (Fsp3) is 0.316. The molecule has 0 saturated heterocycles. The minimum absolute atomic E-state index is 0.0328. The molecular weight excluding hydrogens is 274 g/mol. The van der Waals surface area contributed by atoms with Crippen molar-refractivity contribution in [3.8, 4) is 5.75 Å². The molecule has 0 N–H and O–H groups in total. The lowest BCUT2D eigenvalue weighted by Gasteiger charge is -2.24. The van der Waals surface area contributed by atoms with Crippen LogP contribution in [0.4, 0.5) is 5.69 Å². The molecule has 3 nitrogen and oxygen atoms in total. The predicted molar refractivity (Wildman–Crippen MR) is 90.5 cm³/mol. The van der Waals surface area contributed by atoms with Crippen LogP contribution in [0, 0.1) is 13.8 Å². The van der Waals surface area contributed by atoms with E-state index < -0.39 is 6.10 Å². The van der Waals surface area contributed by atoms with Crippen molar-refractivity contribution in [3.63, 3.8) is 0 Å². The van der Waals surface area contributed by atoms with E-state index in [0.717, 1.165) is 22.6 Å². The number of ether oxygens (including phenoxy) is 1. The normalized spacial score (nSPS) is 11.8. The van der Waals surface area contributed by atoms with Crippen molar-refractivity contribution in [2.24, 2.45) is 0 Å². The van der Waals surface area contributed by atoms with Crippen molar-refractivity contribution in [3.05, 3.63) is 59.7 Å². The molecule has 0 aliphatic rings. The van der Waals surface area contributed by atoms with Gasteiger partial charge in [0.1, 0.15) is 5.75 Å². The Balaban J connectivity index is 2.17. The van der Waals surface area contributed by atoms with Crippen LogP contribution in [0.1, 0.15) is 24.5 Å². The third kappa shape index (κ3) is 3.48. The third-order valence-electron chi connectivity index (χ3n) is 3.94. The van der Waals surface area contributed by atoms with E-state index in [9.17, 15) is 4.79 Å². The summed E-state index contributed by atoms with van der Waals surface area (Å²) in [7, 11) is 1.78. The van der Waals surface area contributed by atoms with E-state index in [1.165, 1.54) is 0 Å². The van der Waals surface area contributed by atoms with E-state index in [1.807, 2.05) is 69.3 Å². The van der Waals surface area contributed by atoms with Crippen molar-refractivity contribution in [1.82, 2.24) is 0 Å². The summed E-state index contributed by atoms with van der Waals surface area (Å²) in [5.41, 5.74) is 3.11. The van der Waals surface area contributed by atoms with Crippen molar-refractivity contribution in [2.75, 3.05) is 11.9 Å². The summed E-state index contributed by atoms with van der Waals surface area (Å²) in [5.74, 6) is 0.747. The summed E-state index contributed by atoms with van der Waals surface area (Å²) >= 11 is 0. The number of likely N-dealkylation sites (N-methyl/N-ethyl adjacent to an activating group) is 1. The van der Waals surface area contributed by atoms with Gasteiger partial charge in [0.2, 0.25) is 0 Å². The van der Waals surface area contributed by atoms with Crippen LogP contribution in [0.15, 0.2) is 48.5 Å². The van der Waals surface area contributed by atoms with Gasteiger partial charge in [0.05, 0.1) is 0 Å². The van der Waals surface area contributed by atoms with E-state index in [2.05, 4.69) is 0 Å². The van der Waals surface area contributed by atoms with Crippen LogP contribution in [0.5, 0.6) is 5.75 Å². The Bertz CT molecular complexity index is 637. The van der Waals surface area contributed by atoms with Gasteiger partial charge in [0.25, 0.3) is 5.91 Å². The second kappa shape index (κ2) is 7.12. The molecule has 116 valence electrons. The number of hydrogen-bond acceptors (Lipinski definition) is 2.